The Hall–Kier alpha value is -3.90. The van der Waals surface area contributed by atoms with E-state index in [-0.39, 0.29) is 30.4 Å². The van der Waals surface area contributed by atoms with E-state index in [2.05, 4.69) is 15.6 Å². The van der Waals surface area contributed by atoms with Gasteiger partial charge in [-0.2, -0.15) is 0 Å². The van der Waals surface area contributed by atoms with Gasteiger partial charge in [0.25, 0.3) is 17.9 Å². The Labute approximate surface area is 209 Å². The van der Waals surface area contributed by atoms with Crippen LogP contribution in [0.5, 0.6) is 5.75 Å². The molecular formula is C24H26F3N5O5. The molecule has 1 aliphatic carbocycles. The van der Waals surface area contributed by atoms with E-state index >= 15 is 0 Å². The van der Waals surface area contributed by atoms with Crippen molar-refractivity contribution < 1.29 is 32.7 Å². The van der Waals surface area contributed by atoms with Crippen molar-refractivity contribution in [1.29, 1.82) is 0 Å². The highest BCUT2D eigenvalue weighted by Gasteiger charge is 2.41. The third-order valence-corrected chi connectivity index (χ3v) is 6.79. The minimum absolute atomic E-state index is 0.0154. The summed E-state index contributed by atoms with van der Waals surface area (Å²) in [5.41, 5.74) is -1.99. The number of carbonyl (C=O) groups is 3. The number of carbonyl (C=O) groups excluding carboxylic acids is 3. The molecule has 13 heteroatoms. The number of nitrogens with zero attached hydrogens (tertiary/aromatic N) is 3. The fourth-order valence-electron chi connectivity index (χ4n) is 4.90. The fraction of sp³-hybridized carbons (Fsp3) is 0.458. The molecule has 0 radical (unpaired) electrons. The molecule has 3 N–H and O–H groups in total. The molecule has 1 saturated carbocycles. The first-order chi connectivity index (χ1) is 17.5. The van der Waals surface area contributed by atoms with Crippen molar-refractivity contribution in [2.45, 2.75) is 50.7 Å². The van der Waals surface area contributed by atoms with Gasteiger partial charge < -0.3 is 20.6 Å². The second kappa shape index (κ2) is 10.2. The van der Waals surface area contributed by atoms with Gasteiger partial charge in [0.05, 0.1) is 5.56 Å². The van der Waals surface area contributed by atoms with Crippen LogP contribution in [0.2, 0.25) is 0 Å². The van der Waals surface area contributed by atoms with E-state index < -0.39 is 64.5 Å². The number of halogens is 3. The van der Waals surface area contributed by atoms with Crippen LogP contribution in [0.4, 0.5) is 13.2 Å². The Bertz CT molecular complexity index is 1310. The summed E-state index contributed by atoms with van der Waals surface area (Å²) in [6.07, 6.45) is -1.29. The van der Waals surface area contributed by atoms with Crippen LogP contribution in [-0.2, 0) is 22.7 Å². The van der Waals surface area contributed by atoms with E-state index in [0.717, 1.165) is 23.5 Å². The number of benzene rings is 1. The van der Waals surface area contributed by atoms with Crippen molar-refractivity contribution in [3.05, 3.63) is 57.0 Å². The van der Waals surface area contributed by atoms with E-state index in [0.29, 0.717) is 12.8 Å². The van der Waals surface area contributed by atoms with Gasteiger partial charge in [-0.25, -0.2) is 18.2 Å². The zero-order chi connectivity index (χ0) is 27.0. The number of fused-ring (bicyclic) bond motifs is 2. The Morgan fingerprint density at radius 2 is 1.97 bits per heavy atom. The molecule has 1 fully saturated rings. The highest BCUT2D eigenvalue weighted by molar-refractivity contribution is 6.34. The van der Waals surface area contributed by atoms with Crippen LogP contribution in [0.3, 0.4) is 0 Å². The molecule has 3 amide bonds. The third-order valence-electron chi connectivity index (χ3n) is 6.79. The number of nitrogens with one attached hydrogen (secondary N) is 2. The fourth-order valence-corrected chi connectivity index (χ4v) is 4.90. The van der Waals surface area contributed by atoms with Crippen LogP contribution in [0.25, 0.3) is 0 Å². The van der Waals surface area contributed by atoms with Gasteiger partial charge in [0.15, 0.2) is 5.69 Å². The summed E-state index contributed by atoms with van der Waals surface area (Å²) in [5, 5.41) is 15.6. The van der Waals surface area contributed by atoms with Crippen molar-refractivity contribution >= 4 is 17.7 Å². The smallest absolute Gasteiger partial charge is 0.311 e. The molecule has 2 bridgehead atoms. The highest BCUT2D eigenvalue weighted by atomic mass is 19.3. The van der Waals surface area contributed by atoms with Gasteiger partial charge in [-0.05, 0) is 42.9 Å². The summed E-state index contributed by atoms with van der Waals surface area (Å²) in [4.78, 5) is 55.7. The van der Waals surface area contributed by atoms with E-state index in [1.165, 1.54) is 24.7 Å². The molecule has 0 spiro atoms. The van der Waals surface area contributed by atoms with Crippen LogP contribution >= 0.6 is 0 Å². The summed E-state index contributed by atoms with van der Waals surface area (Å²) in [7, 11) is 2.90. The lowest BCUT2D eigenvalue weighted by molar-refractivity contribution is -0.144. The van der Waals surface area contributed by atoms with Gasteiger partial charge in [-0.15, -0.1) is 0 Å². The van der Waals surface area contributed by atoms with Crippen molar-refractivity contribution in [2.75, 3.05) is 14.1 Å². The predicted octanol–water partition coefficient (Wildman–Crippen LogP) is 1.43. The van der Waals surface area contributed by atoms with Gasteiger partial charge >= 0.3 is 11.8 Å². The summed E-state index contributed by atoms with van der Waals surface area (Å²) in [6, 6.07) is 2.49. The summed E-state index contributed by atoms with van der Waals surface area (Å²) in [6.45, 7) is -0.0533. The SMILES string of the molecule is CN(C)C(=O)C(=O)NC1CC2CCC1c1nc(C(=O)NCc3ccc(F)c(C(F)F)c3)c(O)c(=O)n1C2. The number of hydrogen-bond acceptors (Lipinski definition) is 6. The number of hydrogen-bond donors (Lipinski definition) is 3. The van der Waals surface area contributed by atoms with E-state index in [1.54, 1.807) is 0 Å². The molecule has 1 aromatic heterocycles. The zero-order valence-corrected chi connectivity index (χ0v) is 20.1. The second-order valence-electron chi connectivity index (χ2n) is 9.49. The maximum Gasteiger partial charge on any atom is 0.311 e. The molecule has 0 saturated heterocycles. The first kappa shape index (κ1) is 26.2. The molecule has 3 aliphatic rings. The van der Waals surface area contributed by atoms with Crippen LogP contribution in [0.15, 0.2) is 23.0 Å². The molecule has 3 atom stereocenters. The average molecular weight is 521 g/mol. The van der Waals surface area contributed by atoms with Crippen LogP contribution in [0, 0.1) is 11.7 Å². The first-order valence-corrected chi connectivity index (χ1v) is 11.7. The number of alkyl halides is 2. The topological polar surface area (TPSA) is 134 Å². The van der Waals surface area contributed by atoms with Crippen LogP contribution in [-0.4, -0.2) is 57.4 Å². The zero-order valence-electron chi connectivity index (χ0n) is 20.1. The molecule has 10 nitrogen and oxygen atoms in total. The van der Waals surface area contributed by atoms with Crippen LogP contribution in [0.1, 0.15) is 59.0 Å². The van der Waals surface area contributed by atoms with Crippen molar-refractivity contribution in [3.63, 3.8) is 0 Å². The quantitative estimate of drug-likeness (QED) is 0.510. The summed E-state index contributed by atoms with van der Waals surface area (Å²) in [5.74, 6) is -4.69. The monoisotopic (exact) mass is 521 g/mol. The maximum atomic E-state index is 13.5. The lowest BCUT2D eigenvalue weighted by Crippen LogP contribution is -2.48. The standard InChI is InChI=1S/C24H26F3N5O5/c1-31(2)24(37)22(35)29-16-8-12-3-5-13(16)20-30-17(18(33)23(36)32(20)10-12)21(34)28-9-11-4-6-15(25)14(7-11)19(26)27/h4,6-7,12-13,16,19,33H,3,5,8-10H2,1-2H3,(H,28,34)(H,29,35). The minimum Gasteiger partial charge on any atom is -0.501 e. The maximum absolute atomic E-state index is 13.5. The number of aromatic hydroxyl groups is 1. The average Bonchev–Trinajstić information content (AvgIpc) is 3.12. The molecule has 1 aromatic carbocycles. The van der Waals surface area contributed by atoms with Crippen molar-refractivity contribution in [2.24, 2.45) is 5.92 Å². The van der Waals surface area contributed by atoms with Crippen molar-refractivity contribution in [3.8, 4) is 5.75 Å². The minimum atomic E-state index is -3.04. The Morgan fingerprint density at radius 1 is 1.24 bits per heavy atom. The van der Waals surface area contributed by atoms with Gasteiger partial charge in [0.1, 0.15) is 11.6 Å². The molecule has 2 aliphatic heterocycles. The number of aromatic nitrogens is 2. The molecule has 2 aromatic rings. The summed E-state index contributed by atoms with van der Waals surface area (Å²) < 4.78 is 40.8. The van der Waals surface area contributed by atoms with E-state index in [9.17, 15) is 37.5 Å². The number of amides is 3. The lowest BCUT2D eigenvalue weighted by Gasteiger charge is -2.32. The van der Waals surface area contributed by atoms with E-state index in [1.807, 2.05) is 0 Å². The van der Waals surface area contributed by atoms with Gasteiger partial charge in [-0.3, -0.25) is 23.7 Å². The van der Waals surface area contributed by atoms with Gasteiger partial charge in [0, 0.05) is 39.1 Å². The molecule has 3 heterocycles. The molecular weight excluding hydrogens is 495 g/mol. The predicted molar refractivity (Wildman–Crippen MR) is 123 cm³/mol. The highest BCUT2D eigenvalue weighted by Crippen LogP contribution is 2.40. The largest absolute Gasteiger partial charge is 0.501 e. The normalized spacial score (nSPS) is 20.2. The van der Waals surface area contributed by atoms with Gasteiger partial charge in [0.2, 0.25) is 5.75 Å². The third kappa shape index (κ3) is 5.16. The lowest BCUT2D eigenvalue weighted by atomic mass is 9.79. The molecule has 37 heavy (non-hydrogen) atoms. The second-order valence-corrected chi connectivity index (χ2v) is 9.49. The summed E-state index contributed by atoms with van der Waals surface area (Å²) >= 11 is 0. The Kier molecular flexibility index (Phi) is 7.23. The molecule has 3 unspecified atom stereocenters. The molecule has 198 valence electrons. The van der Waals surface area contributed by atoms with Gasteiger partial charge in [-0.1, -0.05) is 6.07 Å². The number of rotatable bonds is 5. The first-order valence-electron chi connectivity index (χ1n) is 11.7. The number of likely N-dealkylation sites (N-methyl/N-ethyl adjacent to an activating group) is 1. The Morgan fingerprint density at radius 3 is 2.65 bits per heavy atom. The van der Waals surface area contributed by atoms with Crippen molar-refractivity contribution in [1.82, 2.24) is 25.1 Å². The van der Waals surface area contributed by atoms with E-state index in [4.69, 9.17) is 0 Å². The Balaban J connectivity index is 1.60. The van der Waals surface area contributed by atoms with Crippen LogP contribution < -0.4 is 16.2 Å². The molecule has 5 rings (SSSR count).